The highest BCUT2D eigenvalue weighted by atomic mass is 32.2. The average Bonchev–Trinajstić information content (AvgIpc) is 2.85. The summed E-state index contributed by atoms with van der Waals surface area (Å²) >= 11 is 0. The minimum Gasteiger partial charge on any atom is -0.326 e. The maximum atomic E-state index is 12.7. The Hall–Kier alpha value is -2.55. The number of hydrogen-bond donors (Lipinski definition) is 2. The second kappa shape index (κ2) is 5.52. The Balaban J connectivity index is 1.90. The van der Waals surface area contributed by atoms with Gasteiger partial charge in [-0.1, -0.05) is 6.07 Å². The fourth-order valence-electron chi connectivity index (χ4n) is 2.35. The molecule has 0 aliphatic carbocycles. The number of amides is 1. The summed E-state index contributed by atoms with van der Waals surface area (Å²) in [4.78, 5) is 11.2. The van der Waals surface area contributed by atoms with E-state index in [2.05, 4.69) is 10.0 Å². The number of sulfonamides is 1. The highest BCUT2D eigenvalue weighted by molar-refractivity contribution is 7.92. The summed E-state index contributed by atoms with van der Waals surface area (Å²) in [5, 5.41) is 2.57. The van der Waals surface area contributed by atoms with E-state index in [1.54, 1.807) is 0 Å². The van der Waals surface area contributed by atoms with E-state index in [-0.39, 0.29) is 22.9 Å². The molecule has 0 fully saturated rings. The standard InChI is InChI=1S/C15H11F3N2O3S/c16-15(17,18)10-2-1-3-11(8-10)20-24(22,23)12-4-5-13-9(6-12)7-14(21)19-13/h1-6,8,20H,7H2,(H,19,21). The lowest BCUT2D eigenvalue weighted by Gasteiger charge is -2.12. The molecule has 0 saturated carbocycles. The smallest absolute Gasteiger partial charge is 0.326 e. The van der Waals surface area contributed by atoms with E-state index < -0.39 is 21.8 Å². The summed E-state index contributed by atoms with van der Waals surface area (Å²) in [5.41, 5.74) is -0.101. The number of carbonyl (C=O) groups excluding carboxylic acids is 1. The third kappa shape index (κ3) is 3.21. The monoisotopic (exact) mass is 356 g/mol. The largest absolute Gasteiger partial charge is 0.416 e. The van der Waals surface area contributed by atoms with E-state index in [4.69, 9.17) is 0 Å². The number of fused-ring (bicyclic) bond motifs is 1. The summed E-state index contributed by atoms with van der Waals surface area (Å²) in [6.07, 6.45) is -4.51. The van der Waals surface area contributed by atoms with Gasteiger partial charge in [-0.3, -0.25) is 9.52 Å². The topological polar surface area (TPSA) is 75.3 Å². The maximum absolute atomic E-state index is 12.7. The first-order valence-corrected chi connectivity index (χ1v) is 8.26. The molecule has 0 unspecified atom stereocenters. The molecule has 1 aliphatic heterocycles. The molecule has 2 N–H and O–H groups in total. The summed E-state index contributed by atoms with van der Waals surface area (Å²) in [6, 6.07) is 7.96. The van der Waals surface area contributed by atoms with Gasteiger partial charge in [-0.2, -0.15) is 13.2 Å². The first-order chi connectivity index (χ1) is 11.1. The molecule has 0 radical (unpaired) electrons. The molecule has 0 bridgehead atoms. The lowest BCUT2D eigenvalue weighted by molar-refractivity contribution is -0.137. The van der Waals surface area contributed by atoms with E-state index in [1.807, 2.05) is 0 Å². The van der Waals surface area contributed by atoms with Crippen LogP contribution in [0.5, 0.6) is 0 Å². The Kier molecular flexibility index (Phi) is 3.75. The Labute approximate surface area is 135 Å². The van der Waals surface area contributed by atoms with Crippen molar-refractivity contribution in [2.24, 2.45) is 0 Å². The van der Waals surface area contributed by atoms with E-state index in [0.717, 1.165) is 18.2 Å². The number of benzene rings is 2. The molecular formula is C15H11F3N2O3S. The fourth-order valence-corrected chi connectivity index (χ4v) is 3.45. The molecule has 24 heavy (non-hydrogen) atoms. The van der Waals surface area contributed by atoms with Crippen molar-refractivity contribution in [2.75, 3.05) is 10.0 Å². The SMILES string of the molecule is O=C1Cc2cc(S(=O)(=O)Nc3cccc(C(F)(F)F)c3)ccc2N1. The number of anilines is 2. The first kappa shape index (κ1) is 16.3. The average molecular weight is 356 g/mol. The van der Waals surface area contributed by atoms with E-state index in [9.17, 15) is 26.4 Å². The van der Waals surface area contributed by atoms with Crippen molar-refractivity contribution >= 4 is 27.3 Å². The van der Waals surface area contributed by atoms with Gasteiger partial charge in [0.1, 0.15) is 0 Å². The Bertz CT molecular complexity index is 924. The molecule has 3 rings (SSSR count). The van der Waals surface area contributed by atoms with Gasteiger partial charge in [0.05, 0.1) is 16.9 Å². The molecule has 2 aromatic rings. The van der Waals surface area contributed by atoms with Crippen LogP contribution in [-0.4, -0.2) is 14.3 Å². The quantitative estimate of drug-likeness (QED) is 0.888. The van der Waals surface area contributed by atoms with Gasteiger partial charge < -0.3 is 5.32 Å². The molecule has 0 spiro atoms. The van der Waals surface area contributed by atoms with Crippen LogP contribution in [0.4, 0.5) is 24.5 Å². The number of nitrogens with one attached hydrogen (secondary N) is 2. The van der Waals surface area contributed by atoms with Gasteiger partial charge in [-0.15, -0.1) is 0 Å². The molecule has 2 aromatic carbocycles. The minimum atomic E-state index is -4.57. The number of alkyl halides is 3. The highest BCUT2D eigenvalue weighted by Gasteiger charge is 2.31. The van der Waals surface area contributed by atoms with Gasteiger partial charge in [0, 0.05) is 11.4 Å². The van der Waals surface area contributed by atoms with Crippen LogP contribution in [-0.2, 0) is 27.4 Å². The van der Waals surface area contributed by atoms with E-state index in [1.165, 1.54) is 24.3 Å². The van der Waals surface area contributed by atoms with Crippen LogP contribution in [0.3, 0.4) is 0 Å². The number of halogens is 3. The molecule has 5 nitrogen and oxygen atoms in total. The van der Waals surface area contributed by atoms with Crippen LogP contribution in [0, 0.1) is 0 Å². The van der Waals surface area contributed by atoms with Gasteiger partial charge in [-0.25, -0.2) is 8.42 Å². The van der Waals surface area contributed by atoms with Gasteiger partial charge in [0.15, 0.2) is 0 Å². The van der Waals surface area contributed by atoms with Crippen molar-refractivity contribution in [2.45, 2.75) is 17.5 Å². The second-order valence-electron chi connectivity index (χ2n) is 5.23. The summed E-state index contributed by atoms with van der Waals surface area (Å²) in [5.74, 6) is -0.245. The lowest BCUT2D eigenvalue weighted by atomic mass is 10.2. The minimum absolute atomic E-state index is 0.0578. The zero-order chi connectivity index (χ0) is 17.5. The number of rotatable bonds is 3. The van der Waals surface area contributed by atoms with Gasteiger partial charge in [0.25, 0.3) is 10.0 Å². The zero-order valence-electron chi connectivity index (χ0n) is 12.0. The van der Waals surface area contributed by atoms with Crippen LogP contribution in [0.15, 0.2) is 47.4 Å². The Morgan fingerprint density at radius 1 is 1.08 bits per heavy atom. The molecule has 0 aromatic heterocycles. The normalized spacial score (nSPS) is 14.2. The van der Waals surface area contributed by atoms with Crippen LogP contribution in [0.25, 0.3) is 0 Å². The molecule has 9 heteroatoms. The predicted molar refractivity (Wildman–Crippen MR) is 81.0 cm³/mol. The van der Waals surface area contributed by atoms with Crippen LogP contribution < -0.4 is 10.0 Å². The molecule has 1 aliphatic rings. The number of carbonyl (C=O) groups is 1. The molecule has 0 atom stereocenters. The lowest BCUT2D eigenvalue weighted by Crippen LogP contribution is -2.14. The fraction of sp³-hybridized carbons (Fsp3) is 0.133. The van der Waals surface area contributed by atoms with Crippen molar-refractivity contribution in [3.8, 4) is 0 Å². The van der Waals surface area contributed by atoms with Crippen LogP contribution >= 0.6 is 0 Å². The van der Waals surface area contributed by atoms with Gasteiger partial charge in [0.2, 0.25) is 5.91 Å². The summed E-state index contributed by atoms with van der Waals surface area (Å²) in [6.45, 7) is 0. The highest BCUT2D eigenvalue weighted by Crippen LogP contribution is 2.31. The first-order valence-electron chi connectivity index (χ1n) is 6.78. The van der Waals surface area contributed by atoms with Crippen LogP contribution in [0.2, 0.25) is 0 Å². The van der Waals surface area contributed by atoms with Gasteiger partial charge >= 0.3 is 6.18 Å². The van der Waals surface area contributed by atoms with Crippen molar-refractivity contribution < 1.29 is 26.4 Å². The third-order valence-electron chi connectivity index (χ3n) is 3.45. The summed E-state index contributed by atoms with van der Waals surface area (Å²) in [7, 11) is -4.07. The Morgan fingerprint density at radius 2 is 1.83 bits per heavy atom. The maximum Gasteiger partial charge on any atom is 0.416 e. The molecule has 126 valence electrons. The Morgan fingerprint density at radius 3 is 2.54 bits per heavy atom. The van der Waals surface area contributed by atoms with Crippen molar-refractivity contribution in [1.29, 1.82) is 0 Å². The third-order valence-corrected chi connectivity index (χ3v) is 4.83. The van der Waals surface area contributed by atoms with Crippen molar-refractivity contribution in [3.63, 3.8) is 0 Å². The van der Waals surface area contributed by atoms with Crippen molar-refractivity contribution in [1.82, 2.24) is 0 Å². The molecule has 0 saturated heterocycles. The summed E-state index contributed by atoms with van der Waals surface area (Å²) < 4.78 is 64.9. The van der Waals surface area contributed by atoms with E-state index >= 15 is 0 Å². The van der Waals surface area contributed by atoms with Gasteiger partial charge in [-0.05, 0) is 42.0 Å². The number of hydrogen-bond acceptors (Lipinski definition) is 3. The molecule has 1 amide bonds. The molecular weight excluding hydrogens is 345 g/mol. The van der Waals surface area contributed by atoms with Crippen LogP contribution in [0.1, 0.15) is 11.1 Å². The van der Waals surface area contributed by atoms with E-state index in [0.29, 0.717) is 11.3 Å². The second-order valence-corrected chi connectivity index (χ2v) is 6.91. The zero-order valence-corrected chi connectivity index (χ0v) is 12.8. The van der Waals surface area contributed by atoms with Crippen molar-refractivity contribution in [3.05, 3.63) is 53.6 Å². The predicted octanol–water partition coefficient (Wildman–Crippen LogP) is 3.00. The molecule has 1 heterocycles.